The van der Waals surface area contributed by atoms with Crippen LogP contribution in [0.3, 0.4) is 0 Å². The Kier molecular flexibility index (Phi) is 7.66. The maximum absolute atomic E-state index is 11.6. The van der Waals surface area contributed by atoms with Gasteiger partial charge in [0.2, 0.25) is 5.91 Å². The van der Waals surface area contributed by atoms with Gasteiger partial charge in [-0.3, -0.25) is 4.79 Å². The number of carbonyl (C=O) groups excluding carboxylic acids is 1. The fourth-order valence-electron chi connectivity index (χ4n) is 1.78. The molecule has 19 heavy (non-hydrogen) atoms. The summed E-state index contributed by atoms with van der Waals surface area (Å²) in [6.45, 7) is 6.22. The number of nitrogens with one attached hydrogen (secondary N) is 2. The minimum atomic E-state index is 0.0909. The number of hydrogen-bond acceptors (Lipinski definition) is 3. The monoisotopic (exact) mass is 264 g/mol. The van der Waals surface area contributed by atoms with E-state index in [-0.39, 0.29) is 11.9 Å². The first-order valence-corrected chi connectivity index (χ1v) is 6.90. The minimum absolute atomic E-state index is 0.0909. The van der Waals surface area contributed by atoms with E-state index >= 15 is 0 Å². The summed E-state index contributed by atoms with van der Waals surface area (Å²) in [5.74, 6) is 0.961. The average molecular weight is 264 g/mol. The lowest BCUT2D eigenvalue weighted by Crippen LogP contribution is -2.34. The van der Waals surface area contributed by atoms with Crippen molar-refractivity contribution in [2.45, 2.75) is 32.7 Å². The Morgan fingerprint density at radius 2 is 2.05 bits per heavy atom. The Morgan fingerprint density at radius 3 is 2.74 bits per heavy atom. The molecule has 1 atom stereocenters. The number of carbonyl (C=O) groups is 1. The maximum Gasteiger partial charge on any atom is 0.221 e. The van der Waals surface area contributed by atoms with Crippen LogP contribution in [0.15, 0.2) is 30.3 Å². The molecule has 0 saturated heterocycles. The third-order valence-corrected chi connectivity index (χ3v) is 2.70. The van der Waals surface area contributed by atoms with Crippen molar-refractivity contribution in [1.82, 2.24) is 10.6 Å². The maximum atomic E-state index is 11.6. The summed E-state index contributed by atoms with van der Waals surface area (Å²) < 4.78 is 5.54. The Bertz CT molecular complexity index is 354. The Labute approximate surface area is 115 Å². The van der Waals surface area contributed by atoms with Crippen LogP contribution in [0, 0.1) is 0 Å². The van der Waals surface area contributed by atoms with Gasteiger partial charge in [0.05, 0.1) is 6.61 Å². The first-order valence-electron chi connectivity index (χ1n) is 6.90. The molecule has 0 radical (unpaired) electrons. The first kappa shape index (κ1) is 15.5. The van der Waals surface area contributed by atoms with Gasteiger partial charge in [-0.05, 0) is 32.0 Å². The van der Waals surface area contributed by atoms with Gasteiger partial charge >= 0.3 is 0 Å². The number of benzene rings is 1. The van der Waals surface area contributed by atoms with Crippen LogP contribution in [-0.2, 0) is 4.79 Å². The Morgan fingerprint density at radius 1 is 1.32 bits per heavy atom. The second kappa shape index (κ2) is 9.39. The van der Waals surface area contributed by atoms with Crippen LogP contribution in [0.1, 0.15) is 26.7 Å². The third-order valence-electron chi connectivity index (χ3n) is 2.70. The van der Waals surface area contributed by atoms with Crippen molar-refractivity contribution < 1.29 is 9.53 Å². The summed E-state index contributed by atoms with van der Waals surface area (Å²) in [6.07, 6.45) is 1.34. The van der Waals surface area contributed by atoms with E-state index in [0.717, 1.165) is 18.7 Å². The smallest absolute Gasteiger partial charge is 0.221 e. The van der Waals surface area contributed by atoms with E-state index in [2.05, 4.69) is 10.6 Å². The van der Waals surface area contributed by atoms with Crippen molar-refractivity contribution >= 4 is 5.91 Å². The molecule has 0 fully saturated rings. The van der Waals surface area contributed by atoms with E-state index in [1.54, 1.807) is 0 Å². The molecular weight excluding hydrogens is 240 g/mol. The highest BCUT2D eigenvalue weighted by molar-refractivity contribution is 5.76. The number of amides is 1. The fraction of sp³-hybridized carbons (Fsp3) is 0.533. The molecule has 106 valence electrons. The molecule has 0 aliphatic rings. The zero-order valence-electron chi connectivity index (χ0n) is 11.8. The summed E-state index contributed by atoms with van der Waals surface area (Å²) in [7, 11) is 0. The van der Waals surface area contributed by atoms with Gasteiger partial charge in [0.25, 0.3) is 0 Å². The largest absolute Gasteiger partial charge is 0.494 e. The number of para-hydroxylation sites is 1. The molecule has 0 aliphatic heterocycles. The highest BCUT2D eigenvalue weighted by atomic mass is 16.5. The molecule has 1 aromatic rings. The molecule has 4 nitrogen and oxygen atoms in total. The summed E-state index contributed by atoms with van der Waals surface area (Å²) in [4.78, 5) is 11.6. The van der Waals surface area contributed by atoms with Crippen LogP contribution in [0.4, 0.5) is 0 Å². The van der Waals surface area contributed by atoms with Crippen LogP contribution in [0.5, 0.6) is 5.75 Å². The molecule has 0 spiro atoms. The van der Waals surface area contributed by atoms with E-state index in [4.69, 9.17) is 4.74 Å². The van der Waals surface area contributed by atoms with Crippen LogP contribution < -0.4 is 15.4 Å². The van der Waals surface area contributed by atoms with Gasteiger partial charge in [-0.25, -0.2) is 0 Å². The lowest BCUT2D eigenvalue weighted by molar-refractivity contribution is -0.121. The first-order chi connectivity index (χ1) is 9.22. The molecular formula is C15H24N2O2. The zero-order valence-corrected chi connectivity index (χ0v) is 11.8. The zero-order chi connectivity index (χ0) is 13.9. The standard InChI is InChI=1S/C15H24N2O2/c1-3-16-13(2)12-15(18)17-10-7-11-19-14-8-5-4-6-9-14/h4-6,8-9,13,16H,3,7,10-12H2,1-2H3,(H,17,18). The molecule has 1 unspecified atom stereocenters. The quantitative estimate of drug-likeness (QED) is 0.670. The predicted octanol–water partition coefficient (Wildman–Crippen LogP) is 1.96. The number of hydrogen-bond donors (Lipinski definition) is 2. The second-order valence-electron chi connectivity index (χ2n) is 4.53. The summed E-state index contributed by atoms with van der Waals surface area (Å²) in [6, 6.07) is 9.93. The molecule has 0 heterocycles. The van der Waals surface area contributed by atoms with Gasteiger partial charge in [0, 0.05) is 19.0 Å². The summed E-state index contributed by atoms with van der Waals surface area (Å²) in [5.41, 5.74) is 0. The molecule has 1 aromatic carbocycles. The van der Waals surface area contributed by atoms with Gasteiger partial charge in [-0.15, -0.1) is 0 Å². The normalized spacial score (nSPS) is 11.9. The summed E-state index contributed by atoms with van der Waals surface area (Å²) in [5, 5.41) is 6.11. The predicted molar refractivity (Wildman–Crippen MR) is 77.3 cm³/mol. The van der Waals surface area contributed by atoms with E-state index in [9.17, 15) is 4.79 Å². The van der Waals surface area contributed by atoms with Crippen molar-refractivity contribution in [3.8, 4) is 5.75 Å². The van der Waals surface area contributed by atoms with E-state index in [0.29, 0.717) is 19.6 Å². The second-order valence-corrected chi connectivity index (χ2v) is 4.53. The molecule has 2 N–H and O–H groups in total. The van der Waals surface area contributed by atoms with Crippen LogP contribution in [0.2, 0.25) is 0 Å². The van der Waals surface area contributed by atoms with Crippen molar-refractivity contribution in [2.75, 3.05) is 19.7 Å². The van der Waals surface area contributed by atoms with E-state index < -0.39 is 0 Å². The lowest BCUT2D eigenvalue weighted by atomic mass is 10.2. The molecule has 1 amide bonds. The molecule has 0 aromatic heterocycles. The fourth-order valence-corrected chi connectivity index (χ4v) is 1.78. The SMILES string of the molecule is CCNC(C)CC(=O)NCCCOc1ccccc1. The van der Waals surface area contributed by atoms with Gasteiger partial charge in [0.1, 0.15) is 5.75 Å². The third kappa shape index (κ3) is 7.47. The summed E-state index contributed by atoms with van der Waals surface area (Å²) >= 11 is 0. The van der Waals surface area contributed by atoms with Crippen molar-refractivity contribution in [2.24, 2.45) is 0 Å². The number of rotatable bonds is 9. The Balaban J connectivity index is 2.03. The van der Waals surface area contributed by atoms with Crippen LogP contribution in [0.25, 0.3) is 0 Å². The van der Waals surface area contributed by atoms with Crippen LogP contribution >= 0.6 is 0 Å². The molecule has 1 rings (SSSR count). The lowest BCUT2D eigenvalue weighted by Gasteiger charge is -2.12. The van der Waals surface area contributed by atoms with Crippen molar-refractivity contribution in [1.29, 1.82) is 0 Å². The molecule has 0 bridgehead atoms. The van der Waals surface area contributed by atoms with Gasteiger partial charge < -0.3 is 15.4 Å². The molecule has 4 heteroatoms. The van der Waals surface area contributed by atoms with E-state index in [1.807, 2.05) is 44.2 Å². The highest BCUT2D eigenvalue weighted by Gasteiger charge is 2.06. The average Bonchev–Trinajstić information content (AvgIpc) is 2.39. The van der Waals surface area contributed by atoms with Gasteiger partial charge in [-0.1, -0.05) is 25.1 Å². The molecule has 0 aliphatic carbocycles. The Hall–Kier alpha value is -1.55. The van der Waals surface area contributed by atoms with Crippen LogP contribution in [-0.4, -0.2) is 31.6 Å². The molecule has 0 saturated carbocycles. The topological polar surface area (TPSA) is 50.4 Å². The van der Waals surface area contributed by atoms with Crippen molar-refractivity contribution in [3.05, 3.63) is 30.3 Å². The van der Waals surface area contributed by atoms with Gasteiger partial charge in [-0.2, -0.15) is 0 Å². The van der Waals surface area contributed by atoms with Crippen molar-refractivity contribution in [3.63, 3.8) is 0 Å². The highest BCUT2D eigenvalue weighted by Crippen LogP contribution is 2.07. The van der Waals surface area contributed by atoms with E-state index in [1.165, 1.54) is 0 Å². The minimum Gasteiger partial charge on any atom is -0.494 e. The number of ether oxygens (including phenoxy) is 1. The van der Waals surface area contributed by atoms with Gasteiger partial charge in [0.15, 0.2) is 0 Å².